The number of hydrogen-bond acceptors (Lipinski definition) is 3. The third-order valence-corrected chi connectivity index (χ3v) is 5.34. The van der Waals surface area contributed by atoms with Crippen LogP contribution in [-0.2, 0) is 4.79 Å². The first kappa shape index (κ1) is 19.4. The van der Waals surface area contributed by atoms with E-state index in [4.69, 9.17) is 0 Å². The lowest BCUT2D eigenvalue weighted by Crippen LogP contribution is -2.49. The van der Waals surface area contributed by atoms with Crippen molar-refractivity contribution in [1.82, 2.24) is 10.2 Å². The van der Waals surface area contributed by atoms with Gasteiger partial charge in [-0.2, -0.15) is 0 Å². The largest absolute Gasteiger partial charge is 0.369 e. The summed E-state index contributed by atoms with van der Waals surface area (Å²) in [5.74, 6) is -0.164. The molecule has 1 saturated heterocycles. The monoisotopic (exact) mass is 369 g/mol. The van der Waals surface area contributed by atoms with Gasteiger partial charge in [0.2, 0.25) is 5.91 Å². The number of halogens is 1. The van der Waals surface area contributed by atoms with Crippen molar-refractivity contribution < 1.29 is 9.18 Å². The van der Waals surface area contributed by atoms with Gasteiger partial charge < -0.3 is 10.2 Å². The molecule has 1 atom stereocenters. The quantitative estimate of drug-likeness (QED) is 0.877. The van der Waals surface area contributed by atoms with Gasteiger partial charge in [-0.05, 0) is 61.7 Å². The lowest BCUT2D eigenvalue weighted by Gasteiger charge is -2.35. The number of piperazine rings is 1. The maximum atomic E-state index is 13.1. The van der Waals surface area contributed by atoms with E-state index in [1.807, 2.05) is 19.1 Å². The summed E-state index contributed by atoms with van der Waals surface area (Å²) in [5.41, 5.74) is 4.67. The summed E-state index contributed by atoms with van der Waals surface area (Å²) in [6.45, 7) is 9.94. The fraction of sp³-hybridized carbons (Fsp3) is 0.409. The molecule has 27 heavy (non-hydrogen) atoms. The van der Waals surface area contributed by atoms with Gasteiger partial charge >= 0.3 is 0 Å². The lowest BCUT2D eigenvalue weighted by atomic mass is 10.0. The molecule has 0 radical (unpaired) electrons. The van der Waals surface area contributed by atoms with Crippen LogP contribution in [0.1, 0.15) is 29.7 Å². The molecule has 1 heterocycles. The van der Waals surface area contributed by atoms with Gasteiger partial charge in [-0.15, -0.1) is 0 Å². The molecule has 0 bridgehead atoms. The predicted octanol–water partition coefficient (Wildman–Crippen LogP) is 3.44. The topological polar surface area (TPSA) is 35.6 Å². The van der Waals surface area contributed by atoms with Crippen LogP contribution in [0, 0.1) is 19.7 Å². The number of anilines is 1. The fourth-order valence-electron chi connectivity index (χ4n) is 3.42. The Bertz CT molecular complexity index is 783. The van der Waals surface area contributed by atoms with E-state index in [2.05, 4.69) is 47.2 Å². The lowest BCUT2D eigenvalue weighted by molar-refractivity contribution is -0.123. The number of aryl methyl sites for hydroxylation is 2. The van der Waals surface area contributed by atoms with Crippen LogP contribution in [0.2, 0.25) is 0 Å². The highest BCUT2D eigenvalue weighted by Crippen LogP contribution is 2.18. The number of benzene rings is 2. The van der Waals surface area contributed by atoms with Gasteiger partial charge in [0.05, 0.1) is 12.6 Å². The number of carbonyl (C=O) groups excluding carboxylic acids is 1. The Kier molecular flexibility index (Phi) is 6.11. The van der Waals surface area contributed by atoms with Gasteiger partial charge in [-0.1, -0.05) is 18.2 Å². The molecule has 3 rings (SSSR count). The minimum Gasteiger partial charge on any atom is -0.369 e. The number of rotatable bonds is 5. The Hall–Kier alpha value is -2.40. The van der Waals surface area contributed by atoms with Crippen molar-refractivity contribution in [3.63, 3.8) is 0 Å². The van der Waals surface area contributed by atoms with E-state index in [9.17, 15) is 9.18 Å². The molecule has 1 aliphatic rings. The molecule has 1 aliphatic heterocycles. The zero-order valence-corrected chi connectivity index (χ0v) is 16.3. The maximum absolute atomic E-state index is 13.1. The molecule has 0 aliphatic carbocycles. The van der Waals surface area contributed by atoms with Crippen LogP contribution in [-0.4, -0.2) is 43.5 Å². The molecule has 1 fully saturated rings. The zero-order chi connectivity index (χ0) is 19.4. The van der Waals surface area contributed by atoms with E-state index in [-0.39, 0.29) is 17.8 Å². The third-order valence-electron chi connectivity index (χ3n) is 5.34. The average Bonchev–Trinajstić information content (AvgIpc) is 2.65. The van der Waals surface area contributed by atoms with E-state index in [1.54, 1.807) is 0 Å². The number of amides is 1. The van der Waals surface area contributed by atoms with Crippen LogP contribution in [0.15, 0.2) is 42.5 Å². The highest BCUT2D eigenvalue weighted by Gasteiger charge is 2.20. The van der Waals surface area contributed by atoms with E-state index in [0.29, 0.717) is 6.54 Å². The Morgan fingerprint density at radius 1 is 1.04 bits per heavy atom. The van der Waals surface area contributed by atoms with E-state index in [0.717, 1.165) is 37.4 Å². The van der Waals surface area contributed by atoms with Gasteiger partial charge in [-0.3, -0.25) is 9.69 Å². The second-order valence-electron chi connectivity index (χ2n) is 7.37. The number of carbonyl (C=O) groups is 1. The second kappa shape index (κ2) is 8.53. The Morgan fingerprint density at radius 3 is 2.33 bits per heavy atom. The van der Waals surface area contributed by atoms with Crippen molar-refractivity contribution >= 4 is 11.6 Å². The summed E-state index contributed by atoms with van der Waals surface area (Å²) in [7, 11) is 0. The van der Waals surface area contributed by atoms with Gasteiger partial charge in [0.1, 0.15) is 5.82 Å². The fourth-order valence-corrected chi connectivity index (χ4v) is 3.42. The summed E-state index contributed by atoms with van der Waals surface area (Å²) in [6, 6.07) is 12.9. The molecule has 0 saturated carbocycles. The first-order valence-corrected chi connectivity index (χ1v) is 9.52. The molecule has 2 aromatic rings. The molecule has 0 aromatic heterocycles. The smallest absolute Gasteiger partial charge is 0.234 e. The zero-order valence-electron chi connectivity index (χ0n) is 16.3. The van der Waals surface area contributed by atoms with Gasteiger partial charge in [0.15, 0.2) is 0 Å². The molecule has 1 amide bonds. The van der Waals surface area contributed by atoms with E-state index in [1.165, 1.54) is 23.3 Å². The van der Waals surface area contributed by atoms with Crippen molar-refractivity contribution in [2.45, 2.75) is 26.8 Å². The third kappa shape index (κ3) is 5.07. The van der Waals surface area contributed by atoms with Crippen molar-refractivity contribution in [1.29, 1.82) is 0 Å². The van der Waals surface area contributed by atoms with Crippen molar-refractivity contribution in [3.8, 4) is 0 Å². The molecular formula is C22H28FN3O. The second-order valence-corrected chi connectivity index (χ2v) is 7.37. The Morgan fingerprint density at radius 2 is 1.70 bits per heavy atom. The first-order chi connectivity index (χ1) is 12.9. The molecule has 5 heteroatoms. The van der Waals surface area contributed by atoms with Crippen molar-refractivity contribution in [2.24, 2.45) is 0 Å². The molecular weight excluding hydrogens is 341 g/mol. The minimum atomic E-state index is -0.216. The average molecular weight is 369 g/mol. The number of hydrogen-bond donors (Lipinski definition) is 1. The Balaban J connectivity index is 1.47. The van der Waals surface area contributed by atoms with Crippen molar-refractivity contribution in [2.75, 3.05) is 37.6 Å². The minimum absolute atomic E-state index is 0.00250. The molecule has 0 spiro atoms. The summed E-state index contributed by atoms with van der Waals surface area (Å²) in [5, 5.41) is 3.10. The summed E-state index contributed by atoms with van der Waals surface area (Å²) >= 11 is 0. The van der Waals surface area contributed by atoms with Crippen LogP contribution in [0.4, 0.5) is 10.1 Å². The number of nitrogens with one attached hydrogen (secondary N) is 1. The summed E-state index contributed by atoms with van der Waals surface area (Å²) in [6.07, 6.45) is 0. The molecule has 144 valence electrons. The summed E-state index contributed by atoms with van der Waals surface area (Å²) < 4.78 is 13.1. The SMILES string of the molecule is Cc1ccc(C(C)NC(=O)CN2CCN(c3ccc(F)cc3)CC2)cc1C. The highest BCUT2D eigenvalue weighted by molar-refractivity contribution is 5.78. The normalized spacial score (nSPS) is 16.2. The summed E-state index contributed by atoms with van der Waals surface area (Å²) in [4.78, 5) is 16.8. The molecule has 1 N–H and O–H groups in total. The van der Waals surface area contributed by atoms with Crippen LogP contribution in [0.5, 0.6) is 0 Å². The standard InChI is InChI=1S/C22H28FN3O/c1-16-4-5-19(14-17(16)2)18(3)24-22(27)15-25-10-12-26(13-11-25)21-8-6-20(23)7-9-21/h4-9,14,18H,10-13,15H2,1-3H3,(H,24,27). The highest BCUT2D eigenvalue weighted by atomic mass is 19.1. The van der Waals surface area contributed by atoms with Crippen LogP contribution >= 0.6 is 0 Å². The van der Waals surface area contributed by atoms with E-state index >= 15 is 0 Å². The first-order valence-electron chi connectivity index (χ1n) is 9.52. The van der Waals surface area contributed by atoms with Crippen LogP contribution in [0.3, 0.4) is 0 Å². The Labute approximate surface area is 161 Å². The van der Waals surface area contributed by atoms with Gasteiger partial charge in [0, 0.05) is 31.9 Å². The van der Waals surface area contributed by atoms with Gasteiger partial charge in [-0.25, -0.2) is 4.39 Å². The molecule has 1 unspecified atom stereocenters. The number of nitrogens with zero attached hydrogens (tertiary/aromatic N) is 2. The predicted molar refractivity (Wildman–Crippen MR) is 108 cm³/mol. The molecule has 4 nitrogen and oxygen atoms in total. The van der Waals surface area contributed by atoms with Crippen LogP contribution in [0.25, 0.3) is 0 Å². The van der Waals surface area contributed by atoms with Crippen LogP contribution < -0.4 is 10.2 Å². The van der Waals surface area contributed by atoms with E-state index < -0.39 is 0 Å². The van der Waals surface area contributed by atoms with Gasteiger partial charge in [0.25, 0.3) is 0 Å². The molecule has 2 aromatic carbocycles. The van der Waals surface area contributed by atoms with Crippen molar-refractivity contribution in [3.05, 3.63) is 65.0 Å². The maximum Gasteiger partial charge on any atom is 0.234 e.